The molecular formula is C27H31FN4O4. The Kier molecular flexibility index (Phi) is 4.77. The van der Waals surface area contributed by atoms with Crippen LogP contribution in [-0.2, 0) is 34.0 Å². The number of hydrogen-bond donors (Lipinski definition) is 2. The molecule has 9 heteroatoms. The van der Waals surface area contributed by atoms with E-state index in [0.717, 1.165) is 24.8 Å². The van der Waals surface area contributed by atoms with Gasteiger partial charge in [0.05, 0.1) is 16.3 Å². The number of piperidine rings is 1. The summed E-state index contributed by atoms with van der Waals surface area (Å²) in [6.45, 7) is -3.60. The number of fused-ring (bicyclic) bond motifs is 1. The summed E-state index contributed by atoms with van der Waals surface area (Å²) in [6, 6.07) is 7.01. The van der Waals surface area contributed by atoms with Crippen molar-refractivity contribution in [3.8, 4) is 0 Å². The van der Waals surface area contributed by atoms with Gasteiger partial charge in [0, 0.05) is 66.9 Å². The second-order valence-corrected chi connectivity index (χ2v) is 8.85. The maximum absolute atomic E-state index is 15.3. The number of nitrogens with one attached hydrogen (secondary N) is 2. The Morgan fingerprint density at radius 3 is 2.69 bits per heavy atom. The molecule has 2 aromatic carbocycles. The van der Waals surface area contributed by atoms with E-state index < -0.39 is 61.3 Å². The van der Waals surface area contributed by atoms with Crippen LogP contribution in [0.5, 0.6) is 0 Å². The molecule has 5 rings (SSSR count). The lowest BCUT2D eigenvalue weighted by molar-refractivity contribution is -0.136. The largest absolute Gasteiger partial charge is 0.381 e. The highest BCUT2D eigenvalue weighted by Gasteiger charge is 2.39. The number of halogens is 1. The summed E-state index contributed by atoms with van der Waals surface area (Å²) in [5.41, 5.74) is 1.73. The first kappa shape index (κ1) is 17.2. The molecule has 0 saturated carbocycles. The van der Waals surface area contributed by atoms with Gasteiger partial charge in [-0.15, -0.1) is 0 Å². The molecule has 0 aliphatic carbocycles. The van der Waals surface area contributed by atoms with Crippen molar-refractivity contribution < 1.29 is 33.1 Å². The van der Waals surface area contributed by atoms with Crippen molar-refractivity contribution in [2.75, 3.05) is 18.3 Å². The van der Waals surface area contributed by atoms with Gasteiger partial charge in [-0.05, 0) is 44.0 Å². The van der Waals surface area contributed by atoms with Crippen molar-refractivity contribution in [2.45, 2.75) is 64.5 Å². The van der Waals surface area contributed by atoms with Crippen molar-refractivity contribution in [1.29, 1.82) is 0 Å². The van der Waals surface area contributed by atoms with E-state index in [0.29, 0.717) is 16.2 Å². The van der Waals surface area contributed by atoms with Crippen LogP contribution in [0.4, 0.5) is 10.1 Å². The number of benzene rings is 2. The summed E-state index contributed by atoms with van der Waals surface area (Å²) < 4.78 is 79.1. The van der Waals surface area contributed by atoms with Crippen LogP contribution in [0.15, 0.2) is 36.4 Å². The number of anilines is 1. The van der Waals surface area contributed by atoms with Crippen molar-refractivity contribution in [3.63, 3.8) is 0 Å². The third kappa shape index (κ3) is 4.99. The maximum atomic E-state index is 15.3. The molecule has 2 saturated heterocycles. The average molecular weight is 502 g/mol. The van der Waals surface area contributed by atoms with E-state index in [9.17, 15) is 14.4 Å². The molecule has 190 valence electrons. The van der Waals surface area contributed by atoms with Crippen molar-refractivity contribution >= 4 is 23.4 Å². The first-order chi connectivity index (χ1) is 19.8. The normalized spacial score (nSPS) is 36.4. The maximum Gasteiger partial charge on any atom is 0.255 e. The lowest BCUT2D eigenvalue weighted by Gasteiger charge is -2.35. The molecule has 3 unspecified atom stereocenters. The topological polar surface area (TPSA) is 91.0 Å². The van der Waals surface area contributed by atoms with Crippen LogP contribution in [0.1, 0.15) is 63.3 Å². The van der Waals surface area contributed by atoms with Crippen LogP contribution in [-0.4, -0.2) is 58.7 Å². The van der Waals surface area contributed by atoms with Crippen LogP contribution in [0.3, 0.4) is 0 Å². The molecule has 36 heavy (non-hydrogen) atoms. The number of rotatable bonds is 6. The fourth-order valence-corrected chi connectivity index (χ4v) is 4.55. The van der Waals surface area contributed by atoms with E-state index in [1.54, 1.807) is 18.2 Å². The molecular weight excluding hydrogens is 463 g/mol. The Balaban J connectivity index is 1.33. The SMILES string of the molecule is [2H]C1(N2Cc3c(NCc4ccc(CN5C([2H])([2H])C([2H])(C)OC([2H])(C)C5([2H])[2H])cc4F)cccc3C2=O)CCC(=O)NC1=O. The first-order valence-corrected chi connectivity index (χ1v) is 11.6. The summed E-state index contributed by atoms with van der Waals surface area (Å²) >= 11 is 0. The van der Waals surface area contributed by atoms with Gasteiger partial charge in [-0.2, -0.15) is 0 Å². The van der Waals surface area contributed by atoms with Gasteiger partial charge < -0.3 is 15.0 Å². The number of morpholine rings is 1. The van der Waals surface area contributed by atoms with Gasteiger partial charge >= 0.3 is 0 Å². The molecule has 3 aliphatic rings. The van der Waals surface area contributed by atoms with Crippen LogP contribution >= 0.6 is 0 Å². The fraction of sp³-hybridized carbons (Fsp3) is 0.444. The number of carbonyl (C=O) groups excluding carboxylic acids is 3. The number of imide groups is 1. The van der Waals surface area contributed by atoms with Gasteiger partial charge in [0.2, 0.25) is 11.8 Å². The van der Waals surface area contributed by atoms with Crippen molar-refractivity contribution in [2.24, 2.45) is 0 Å². The summed E-state index contributed by atoms with van der Waals surface area (Å²) in [4.78, 5) is 39.0. The van der Waals surface area contributed by atoms with Crippen LogP contribution in [0.25, 0.3) is 0 Å². The van der Waals surface area contributed by atoms with E-state index >= 15 is 4.39 Å². The summed E-state index contributed by atoms with van der Waals surface area (Å²) in [5.74, 6) is -2.55. The fourth-order valence-electron chi connectivity index (χ4n) is 4.55. The minimum atomic E-state index is -2.65. The Hall–Kier alpha value is -3.30. The third-order valence-electron chi connectivity index (χ3n) is 6.22. The quantitative estimate of drug-likeness (QED) is 0.592. The number of amides is 3. The van der Waals surface area contributed by atoms with Crippen LogP contribution in [0, 0.1) is 5.82 Å². The molecule has 3 heterocycles. The number of hydrogen-bond acceptors (Lipinski definition) is 6. The lowest BCUT2D eigenvalue weighted by Crippen LogP contribution is -2.52. The zero-order valence-electron chi connectivity index (χ0n) is 26.9. The molecule has 0 bridgehead atoms. The molecule has 0 spiro atoms. The van der Waals surface area contributed by atoms with Gasteiger partial charge in [0.1, 0.15) is 11.8 Å². The highest BCUT2D eigenvalue weighted by atomic mass is 19.1. The summed E-state index contributed by atoms with van der Waals surface area (Å²) in [6.07, 6.45) is -4.75. The summed E-state index contributed by atoms with van der Waals surface area (Å²) in [7, 11) is 0. The monoisotopic (exact) mass is 501 g/mol. The van der Waals surface area contributed by atoms with E-state index in [1.165, 1.54) is 12.1 Å². The molecule has 8 nitrogen and oxygen atoms in total. The predicted octanol–water partition coefficient (Wildman–Crippen LogP) is 2.81. The zero-order valence-corrected chi connectivity index (χ0v) is 19.9. The Labute approximate surface area is 219 Å². The Bertz CT molecular complexity index is 1500. The Morgan fingerprint density at radius 2 is 1.97 bits per heavy atom. The number of nitrogens with zero attached hydrogens (tertiary/aromatic N) is 2. The lowest BCUT2D eigenvalue weighted by atomic mass is 10.0. The molecule has 0 radical (unpaired) electrons. The standard InChI is InChI=1S/C27H31FN4O4/c1-16-12-31(13-17(2)36-16)14-18-6-7-19(22(28)10-18)11-29-23-5-3-4-20-21(23)15-32(27(20)35)24-8-9-25(33)30-26(24)34/h3-7,10,16-17,24,29H,8-9,11-15H2,1-2H3,(H,30,33,34)/i12D2,13D2,16D,17D,24D. The third-order valence-corrected chi connectivity index (χ3v) is 6.22. The second kappa shape index (κ2) is 9.99. The van der Waals surface area contributed by atoms with Crippen LogP contribution < -0.4 is 10.6 Å². The van der Waals surface area contributed by atoms with Gasteiger partial charge in [-0.1, -0.05) is 18.2 Å². The van der Waals surface area contributed by atoms with Gasteiger partial charge in [0.25, 0.3) is 5.91 Å². The summed E-state index contributed by atoms with van der Waals surface area (Å²) in [5, 5.41) is 5.22. The Morgan fingerprint density at radius 1 is 1.19 bits per heavy atom. The first-order valence-electron chi connectivity index (χ1n) is 15.1. The van der Waals surface area contributed by atoms with Crippen LogP contribution in [0.2, 0.25) is 0 Å². The van der Waals surface area contributed by atoms with Gasteiger partial charge in [-0.3, -0.25) is 24.6 Å². The van der Waals surface area contributed by atoms with E-state index in [2.05, 4.69) is 10.6 Å². The highest BCUT2D eigenvalue weighted by molar-refractivity contribution is 6.06. The van der Waals surface area contributed by atoms with Gasteiger partial charge in [0.15, 0.2) is 0 Å². The molecule has 2 fully saturated rings. The molecule has 2 aromatic rings. The van der Waals surface area contributed by atoms with E-state index in [4.69, 9.17) is 14.3 Å². The number of carbonyl (C=O) groups is 3. The molecule has 3 amide bonds. The molecule has 3 atom stereocenters. The molecule has 0 aromatic heterocycles. The minimum Gasteiger partial charge on any atom is -0.381 e. The average Bonchev–Trinajstić information content (AvgIpc) is 3.25. The molecule has 2 N–H and O–H groups in total. The minimum absolute atomic E-state index is 0.0213. The second-order valence-electron chi connectivity index (χ2n) is 8.85. The van der Waals surface area contributed by atoms with Gasteiger partial charge in [-0.25, -0.2) is 4.39 Å². The highest BCUT2D eigenvalue weighted by Crippen LogP contribution is 2.32. The van der Waals surface area contributed by atoms with E-state index in [-0.39, 0.29) is 42.6 Å². The predicted molar refractivity (Wildman–Crippen MR) is 131 cm³/mol. The smallest absolute Gasteiger partial charge is 0.255 e. The zero-order chi connectivity index (χ0) is 31.8. The van der Waals surface area contributed by atoms with Crippen molar-refractivity contribution in [3.05, 3.63) is 64.5 Å². The van der Waals surface area contributed by atoms with E-state index in [1.807, 2.05) is 0 Å². The number of ether oxygens (including phenoxy) is 1. The van der Waals surface area contributed by atoms with Crippen molar-refractivity contribution in [1.82, 2.24) is 15.1 Å². The molecule has 3 aliphatic heterocycles.